The number of hydrogen-bond donors (Lipinski definition) is 0. The minimum absolute atomic E-state index is 0.0196. The van der Waals surface area contributed by atoms with Crippen LogP contribution in [0.4, 0.5) is 0 Å². The highest BCUT2D eigenvalue weighted by Gasteiger charge is 2.03. The van der Waals surface area contributed by atoms with Crippen LogP contribution >= 0.6 is 22.6 Å². The Morgan fingerprint density at radius 2 is 1.94 bits per heavy atom. The molecule has 0 aliphatic carbocycles. The first kappa shape index (κ1) is 13.3. The highest BCUT2D eigenvalue weighted by molar-refractivity contribution is 14.1. The van der Waals surface area contributed by atoms with Crippen molar-refractivity contribution >= 4 is 28.6 Å². The van der Waals surface area contributed by atoms with Crippen molar-refractivity contribution in [2.24, 2.45) is 0 Å². The molecule has 0 aliphatic heterocycles. The normalized spacial score (nSPS) is 9.81. The molecule has 0 saturated carbocycles. The number of carbonyl (C=O) groups excluding carboxylic acids is 1. The number of hydrogen-bond acceptors (Lipinski definition) is 3. The summed E-state index contributed by atoms with van der Waals surface area (Å²) in [7, 11) is 0. The van der Waals surface area contributed by atoms with E-state index >= 15 is 0 Å². The standard InChI is InChI=1S/C12H15IO3/c13-8-4-5-9-15-12(14)10-16-11-6-2-1-3-7-11/h1-3,6-7H,4-5,8-10H2. The Morgan fingerprint density at radius 1 is 1.19 bits per heavy atom. The summed E-state index contributed by atoms with van der Waals surface area (Å²) in [5, 5.41) is 0. The van der Waals surface area contributed by atoms with Crippen molar-refractivity contribution in [3.05, 3.63) is 30.3 Å². The van der Waals surface area contributed by atoms with E-state index in [-0.39, 0.29) is 12.6 Å². The molecule has 16 heavy (non-hydrogen) atoms. The summed E-state index contributed by atoms with van der Waals surface area (Å²) in [6.45, 7) is 0.467. The van der Waals surface area contributed by atoms with Crippen LogP contribution in [0.15, 0.2) is 30.3 Å². The largest absolute Gasteiger partial charge is 0.482 e. The summed E-state index contributed by atoms with van der Waals surface area (Å²) in [6.07, 6.45) is 1.99. The third-order valence-corrected chi connectivity index (χ3v) is 2.65. The lowest BCUT2D eigenvalue weighted by atomic mass is 10.3. The molecule has 88 valence electrons. The van der Waals surface area contributed by atoms with Crippen LogP contribution in [-0.2, 0) is 9.53 Å². The lowest BCUT2D eigenvalue weighted by Gasteiger charge is -2.06. The summed E-state index contributed by atoms with van der Waals surface area (Å²) in [5.41, 5.74) is 0. The average Bonchev–Trinajstić information content (AvgIpc) is 2.33. The van der Waals surface area contributed by atoms with Crippen molar-refractivity contribution in [1.82, 2.24) is 0 Å². The maximum atomic E-state index is 11.2. The lowest BCUT2D eigenvalue weighted by Crippen LogP contribution is -2.15. The molecule has 1 aromatic rings. The minimum Gasteiger partial charge on any atom is -0.482 e. The Kier molecular flexibility index (Phi) is 6.96. The Hall–Kier alpha value is -0.780. The first-order valence-electron chi connectivity index (χ1n) is 5.22. The van der Waals surface area contributed by atoms with Gasteiger partial charge in [0.1, 0.15) is 5.75 Å². The number of alkyl halides is 1. The number of carbonyl (C=O) groups is 1. The number of para-hydroxylation sites is 1. The molecule has 0 amide bonds. The van der Waals surface area contributed by atoms with Crippen molar-refractivity contribution in [3.63, 3.8) is 0 Å². The Morgan fingerprint density at radius 3 is 2.62 bits per heavy atom. The minimum atomic E-state index is -0.308. The highest BCUT2D eigenvalue weighted by Crippen LogP contribution is 2.07. The monoisotopic (exact) mass is 334 g/mol. The van der Waals surface area contributed by atoms with Gasteiger partial charge in [-0.15, -0.1) is 0 Å². The smallest absolute Gasteiger partial charge is 0.344 e. The zero-order valence-electron chi connectivity index (χ0n) is 9.02. The molecule has 0 aliphatic rings. The van der Waals surface area contributed by atoms with Gasteiger partial charge in [0.25, 0.3) is 0 Å². The maximum Gasteiger partial charge on any atom is 0.344 e. The van der Waals surface area contributed by atoms with Gasteiger partial charge in [0.15, 0.2) is 6.61 Å². The summed E-state index contributed by atoms with van der Waals surface area (Å²) >= 11 is 2.30. The van der Waals surface area contributed by atoms with Crippen molar-refractivity contribution in [1.29, 1.82) is 0 Å². The van der Waals surface area contributed by atoms with Crippen LogP contribution in [0.5, 0.6) is 5.75 Å². The zero-order valence-corrected chi connectivity index (χ0v) is 11.2. The van der Waals surface area contributed by atoms with E-state index in [2.05, 4.69) is 22.6 Å². The third-order valence-electron chi connectivity index (χ3n) is 1.89. The van der Waals surface area contributed by atoms with Crippen LogP contribution in [0.25, 0.3) is 0 Å². The molecule has 0 atom stereocenters. The molecule has 0 saturated heterocycles. The van der Waals surface area contributed by atoms with E-state index in [0.29, 0.717) is 12.4 Å². The van der Waals surface area contributed by atoms with Crippen molar-refractivity contribution in [2.75, 3.05) is 17.6 Å². The molecule has 4 heteroatoms. The van der Waals surface area contributed by atoms with Gasteiger partial charge in [-0.25, -0.2) is 4.79 Å². The van der Waals surface area contributed by atoms with Crippen molar-refractivity contribution in [2.45, 2.75) is 12.8 Å². The second-order valence-corrected chi connectivity index (χ2v) is 4.30. The highest BCUT2D eigenvalue weighted by atomic mass is 127. The third kappa shape index (κ3) is 5.95. The molecule has 0 heterocycles. The fraction of sp³-hybridized carbons (Fsp3) is 0.417. The molecule has 0 radical (unpaired) electrons. The molecule has 0 fully saturated rings. The number of esters is 1. The van der Waals surface area contributed by atoms with E-state index in [1.807, 2.05) is 30.3 Å². The number of rotatable bonds is 7. The average molecular weight is 334 g/mol. The molecule has 0 spiro atoms. The van der Waals surface area contributed by atoms with Crippen LogP contribution in [0.1, 0.15) is 12.8 Å². The summed E-state index contributed by atoms with van der Waals surface area (Å²) in [5.74, 6) is 0.379. The van der Waals surface area contributed by atoms with Crippen LogP contribution in [-0.4, -0.2) is 23.6 Å². The van der Waals surface area contributed by atoms with Crippen LogP contribution < -0.4 is 4.74 Å². The van der Waals surface area contributed by atoms with Gasteiger partial charge in [-0.1, -0.05) is 40.8 Å². The van der Waals surface area contributed by atoms with E-state index in [1.54, 1.807) is 0 Å². The van der Waals surface area contributed by atoms with Crippen LogP contribution in [0.3, 0.4) is 0 Å². The van der Waals surface area contributed by atoms with Crippen molar-refractivity contribution in [3.8, 4) is 5.75 Å². The van der Waals surface area contributed by atoms with Gasteiger partial charge < -0.3 is 9.47 Å². The number of unbranched alkanes of at least 4 members (excludes halogenated alkanes) is 1. The lowest BCUT2D eigenvalue weighted by molar-refractivity contribution is -0.146. The van der Waals surface area contributed by atoms with E-state index < -0.39 is 0 Å². The zero-order chi connectivity index (χ0) is 11.6. The predicted molar refractivity (Wildman–Crippen MR) is 71.0 cm³/mol. The Labute approximate surface area is 109 Å². The summed E-state index contributed by atoms with van der Waals surface area (Å²) in [4.78, 5) is 11.2. The maximum absolute atomic E-state index is 11.2. The molecular formula is C12H15IO3. The Bertz CT molecular complexity index is 300. The van der Waals surface area contributed by atoms with E-state index in [0.717, 1.165) is 17.3 Å². The number of halogens is 1. The second-order valence-electron chi connectivity index (χ2n) is 3.22. The molecule has 0 unspecified atom stereocenters. The first-order valence-corrected chi connectivity index (χ1v) is 6.75. The fourth-order valence-electron chi connectivity index (χ4n) is 1.08. The van der Waals surface area contributed by atoms with Crippen LogP contribution in [0, 0.1) is 0 Å². The molecule has 3 nitrogen and oxygen atoms in total. The van der Waals surface area contributed by atoms with Gasteiger partial charge in [0.05, 0.1) is 6.61 Å². The second kappa shape index (κ2) is 8.38. The fourth-order valence-corrected chi connectivity index (χ4v) is 1.62. The quantitative estimate of drug-likeness (QED) is 0.333. The van der Waals surface area contributed by atoms with Gasteiger partial charge in [0.2, 0.25) is 0 Å². The van der Waals surface area contributed by atoms with E-state index in [4.69, 9.17) is 9.47 Å². The first-order chi connectivity index (χ1) is 7.83. The number of ether oxygens (including phenoxy) is 2. The SMILES string of the molecule is O=C(COc1ccccc1)OCCCCI. The van der Waals surface area contributed by atoms with Gasteiger partial charge >= 0.3 is 5.97 Å². The Balaban J connectivity index is 2.11. The van der Waals surface area contributed by atoms with Gasteiger partial charge in [-0.2, -0.15) is 0 Å². The number of benzene rings is 1. The van der Waals surface area contributed by atoms with Gasteiger partial charge in [-0.05, 0) is 29.4 Å². The molecule has 0 bridgehead atoms. The van der Waals surface area contributed by atoms with Crippen LogP contribution in [0.2, 0.25) is 0 Å². The predicted octanol–water partition coefficient (Wildman–Crippen LogP) is 2.82. The topological polar surface area (TPSA) is 35.5 Å². The van der Waals surface area contributed by atoms with Crippen molar-refractivity contribution < 1.29 is 14.3 Å². The van der Waals surface area contributed by atoms with E-state index in [9.17, 15) is 4.79 Å². The molecule has 0 N–H and O–H groups in total. The van der Waals surface area contributed by atoms with Gasteiger partial charge in [0, 0.05) is 0 Å². The summed E-state index contributed by atoms with van der Waals surface area (Å²) in [6, 6.07) is 9.24. The molecular weight excluding hydrogens is 319 g/mol. The van der Waals surface area contributed by atoms with E-state index in [1.165, 1.54) is 0 Å². The summed E-state index contributed by atoms with van der Waals surface area (Å²) < 4.78 is 11.3. The molecule has 0 aromatic heterocycles. The molecule has 1 aromatic carbocycles. The van der Waals surface area contributed by atoms with Gasteiger partial charge in [-0.3, -0.25) is 0 Å². The molecule has 1 rings (SSSR count).